The fourth-order valence-corrected chi connectivity index (χ4v) is 3.79. The monoisotopic (exact) mass is 428 g/mol. The molecule has 29 heavy (non-hydrogen) atoms. The lowest BCUT2D eigenvalue weighted by atomic mass is 10.1. The second-order valence-corrected chi connectivity index (χ2v) is 7.58. The highest BCUT2D eigenvalue weighted by Crippen LogP contribution is 2.36. The Bertz CT molecular complexity index is 1040. The minimum absolute atomic E-state index is 0.132. The van der Waals surface area contributed by atoms with Crippen LogP contribution in [-0.4, -0.2) is 17.9 Å². The molecule has 0 saturated carbocycles. The maximum Gasteiger partial charge on any atom is 0.284 e. The largest absolute Gasteiger partial charge is 0.497 e. The summed E-state index contributed by atoms with van der Waals surface area (Å²) in [6.07, 6.45) is 0. The van der Waals surface area contributed by atoms with Gasteiger partial charge in [0.05, 0.1) is 16.9 Å². The number of rotatable bonds is 7. The zero-order valence-electron chi connectivity index (χ0n) is 15.4. The minimum atomic E-state index is -0.493. The molecule has 0 aliphatic carbocycles. The lowest BCUT2D eigenvalue weighted by molar-refractivity contribution is -0.387. The minimum Gasteiger partial charge on any atom is -0.497 e. The molecule has 0 aliphatic rings. The summed E-state index contributed by atoms with van der Waals surface area (Å²) < 4.78 is 5.10. The Hall–Kier alpha value is -3.03. The van der Waals surface area contributed by atoms with Crippen LogP contribution in [-0.2, 0) is 6.54 Å². The topological polar surface area (TPSA) is 81.5 Å². The van der Waals surface area contributed by atoms with Crippen LogP contribution in [0.4, 0.5) is 5.69 Å². The van der Waals surface area contributed by atoms with Gasteiger partial charge in [-0.2, -0.15) is 0 Å². The number of hydrogen-bond acceptors (Lipinski definition) is 5. The summed E-state index contributed by atoms with van der Waals surface area (Å²) in [7, 11) is 1.58. The molecule has 148 valence electrons. The van der Waals surface area contributed by atoms with E-state index in [4.69, 9.17) is 16.3 Å². The number of hydrogen-bond donors (Lipinski definition) is 1. The van der Waals surface area contributed by atoms with Crippen LogP contribution in [0.1, 0.15) is 15.9 Å². The number of amides is 1. The first-order valence-electron chi connectivity index (χ1n) is 8.59. The maximum absolute atomic E-state index is 12.4. The molecule has 3 aromatic carbocycles. The van der Waals surface area contributed by atoms with E-state index in [2.05, 4.69) is 5.32 Å². The number of carbonyl (C=O) groups is 1. The van der Waals surface area contributed by atoms with Crippen molar-refractivity contribution in [2.24, 2.45) is 0 Å². The van der Waals surface area contributed by atoms with Crippen LogP contribution >= 0.6 is 23.4 Å². The van der Waals surface area contributed by atoms with Crippen LogP contribution in [0.25, 0.3) is 0 Å². The molecule has 0 fully saturated rings. The van der Waals surface area contributed by atoms with Crippen LogP contribution < -0.4 is 10.1 Å². The van der Waals surface area contributed by atoms with E-state index in [0.717, 1.165) is 16.2 Å². The number of benzene rings is 3. The molecule has 0 atom stereocenters. The maximum atomic E-state index is 12.4. The Morgan fingerprint density at radius 3 is 2.55 bits per heavy atom. The lowest BCUT2D eigenvalue weighted by Gasteiger charge is -2.08. The number of methoxy groups -OCH3 is 1. The van der Waals surface area contributed by atoms with Gasteiger partial charge in [-0.1, -0.05) is 41.6 Å². The van der Waals surface area contributed by atoms with Crippen LogP contribution in [0.3, 0.4) is 0 Å². The zero-order valence-corrected chi connectivity index (χ0v) is 17.0. The fourth-order valence-electron chi connectivity index (χ4n) is 2.57. The van der Waals surface area contributed by atoms with Crippen molar-refractivity contribution in [3.8, 4) is 5.75 Å². The fraction of sp³-hybridized carbons (Fsp3) is 0.0952. The number of nitrogens with zero attached hydrogens (tertiary/aromatic N) is 1. The standard InChI is InChI=1S/C21H17ClN2O4S/c1-28-17-8-5-14(6-9-17)13-23-21(25)15-7-10-20(19(11-15)24(26)27)29-18-4-2-3-16(22)12-18/h2-12H,13H2,1H3,(H,23,25). The number of nitro groups is 1. The van der Waals surface area contributed by atoms with Gasteiger partial charge in [-0.15, -0.1) is 0 Å². The van der Waals surface area contributed by atoms with Crippen molar-refractivity contribution in [1.82, 2.24) is 5.32 Å². The van der Waals surface area contributed by atoms with Gasteiger partial charge in [0.25, 0.3) is 11.6 Å². The predicted molar refractivity (Wildman–Crippen MR) is 113 cm³/mol. The van der Waals surface area contributed by atoms with Crippen LogP contribution in [0.15, 0.2) is 76.5 Å². The van der Waals surface area contributed by atoms with Crippen LogP contribution in [0.5, 0.6) is 5.75 Å². The average Bonchev–Trinajstić information content (AvgIpc) is 2.72. The number of nitro benzene ring substituents is 1. The summed E-state index contributed by atoms with van der Waals surface area (Å²) in [5, 5.41) is 14.8. The summed E-state index contributed by atoms with van der Waals surface area (Å²) >= 11 is 7.20. The van der Waals surface area contributed by atoms with E-state index in [1.165, 1.54) is 17.8 Å². The molecule has 0 radical (unpaired) electrons. The Morgan fingerprint density at radius 2 is 1.90 bits per heavy atom. The molecule has 1 N–H and O–H groups in total. The lowest BCUT2D eigenvalue weighted by Crippen LogP contribution is -2.22. The molecular weight excluding hydrogens is 412 g/mol. The molecular formula is C21H17ClN2O4S. The summed E-state index contributed by atoms with van der Waals surface area (Å²) in [6.45, 7) is 0.301. The summed E-state index contributed by atoms with van der Waals surface area (Å²) in [5.41, 5.74) is 0.981. The van der Waals surface area contributed by atoms with Crippen molar-refractivity contribution in [2.45, 2.75) is 16.3 Å². The highest BCUT2D eigenvalue weighted by molar-refractivity contribution is 7.99. The van der Waals surface area contributed by atoms with Gasteiger partial charge in [-0.25, -0.2) is 0 Å². The van der Waals surface area contributed by atoms with Crippen molar-refractivity contribution >= 4 is 35.0 Å². The molecule has 3 aromatic rings. The predicted octanol–water partition coefficient (Wildman–Crippen LogP) is 5.34. The number of ether oxygens (including phenoxy) is 1. The quantitative estimate of drug-likeness (QED) is 0.406. The molecule has 0 heterocycles. The van der Waals surface area contributed by atoms with Gasteiger partial charge in [-0.05, 0) is 48.0 Å². The van der Waals surface area contributed by atoms with E-state index < -0.39 is 4.92 Å². The third-order valence-electron chi connectivity index (χ3n) is 4.05. The van der Waals surface area contributed by atoms with Crippen molar-refractivity contribution in [3.63, 3.8) is 0 Å². The van der Waals surface area contributed by atoms with E-state index in [9.17, 15) is 14.9 Å². The van der Waals surface area contributed by atoms with Gasteiger partial charge in [0.1, 0.15) is 5.75 Å². The Labute approximate surface area is 177 Å². The smallest absolute Gasteiger partial charge is 0.284 e. The molecule has 0 spiro atoms. The second-order valence-electron chi connectivity index (χ2n) is 6.03. The van der Waals surface area contributed by atoms with E-state index in [1.54, 1.807) is 49.6 Å². The highest BCUT2D eigenvalue weighted by atomic mass is 35.5. The first-order chi connectivity index (χ1) is 14.0. The highest BCUT2D eigenvalue weighted by Gasteiger charge is 2.18. The van der Waals surface area contributed by atoms with Gasteiger partial charge < -0.3 is 10.1 Å². The number of nitrogens with one attached hydrogen (secondary N) is 1. The molecule has 0 aromatic heterocycles. The van der Waals surface area contributed by atoms with E-state index in [-0.39, 0.29) is 17.2 Å². The number of halogens is 1. The summed E-state index contributed by atoms with van der Waals surface area (Å²) in [5.74, 6) is 0.340. The zero-order chi connectivity index (χ0) is 20.8. The third-order valence-corrected chi connectivity index (χ3v) is 5.34. The van der Waals surface area contributed by atoms with Gasteiger partial charge in [0.15, 0.2) is 0 Å². The summed E-state index contributed by atoms with van der Waals surface area (Å²) in [4.78, 5) is 24.7. The van der Waals surface area contributed by atoms with Crippen molar-refractivity contribution in [3.05, 3.63) is 93.0 Å². The molecule has 0 saturated heterocycles. The van der Waals surface area contributed by atoms with Crippen molar-refractivity contribution < 1.29 is 14.5 Å². The number of carbonyl (C=O) groups excluding carboxylic acids is 1. The van der Waals surface area contributed by atoms with E-state index >= 15 is 0 Å². The molecule has 3 rings (SSSR count). The SMILES string of the molecule is COc1ccc(CNC(=O)c2ccc(Sc3cccc(Cl)c3)c([N+](=O)[O-])c2)cc1. The van der Waals surface area contributed by atoms with Crippen molar-refractivity contribution in [2.75, 3.05) is 7.11 Å². The third kappa shape index (κ3) is 5.49. The summed E-state index contributed by atoms with van der Waals surface area (Å²) in [6, 6.07) is 18.8. The van der Waals surface area contributed by atoms with Crippen molar-refractivity contribution in [1.29, 1.82) is 0 Å². The molecule has 1 amide bonds. The molecule has 6 nitrogen and oxygen atoms in total. The Morgan fingerprint density at radius 1 is 1.14 bits per heavy atom. The van der Waals surface area contributed by atoms with Crippen LogP contribution in [0.2, 0.25) is 5.02 Å². The van der Waals surface area contributed by atoms with E-state index in [1.807, 2.05) is 18.2 Å². The first-order valence-corrected chi connectivity index (χ1v) is 9.78. The van der Waals surface area contributed by atoms with Crippen LogP contribution in [0, 0.1) is 10.1 Å². The molecule has 8 heteroatoms. The van der Waals surface area contributed by atoms with Gasteiger partial charge >= 0.3 is 0 Å². The normalized spacial score (nSPS) is 10.4. The average molecular weight is 429 g/mol. The van der Waals surface area contributed by atoms with Gasteiger partial charge in [-0.3, -0.25) is 14.9 Å². The van der Waals surface area contributed by atoms with Gasteiger partial charge in [0, 0.05) is 28.1 Å². The van der Waals surface area contributed by atoms with Gasteiger partial charge in [0.2, 0.25) is 0 Å². The Kier molecular flexibility index (Phi) is 6.74. The second kappa shape index (κ2) is 9.45. The molecule has 0 unspecified atom stereocenters. The first kappa shape index (κ1) is 20.7. The molecule has 0 bridgehead atoms. The molecule has 0 aliphatic heterocycles. The Balaban J connectivity index is 1.74. The van der Waals surface area contributed by atoms with E-state index in [0.29, 0.717) is 16.5 Å².